The number of methoxy groups -OCH3 is 1. The molecule has 3 N–H and O–H groups in total. The number of aliphatic hydroxyl groups is 1. The Bertz CT molecular complexity index is 1100. The minimum atomic E-state index is -0.788. The number of fused-ring (bicyclic) bond motifs is 1. The van der Waals surface area contributed by atoms with Crippen molar-refractivity contribution in [3.05, 3.63) is 64.2 Å². The molecule has 5 rings (SSSR count). The fourth-order valence-electron chi connectivity index (χ4n) is 6.20. The lowest BCUT2D eigenvalue weighted by Gasteiger charge is -2.48. The number of rotatable bonds is 11. The summed E-state index contributed by atoms with van der Waals surface area (Å²) in [5, 5.41) is 18.6. The SMILES string of the molecule is COCC(=O)N[C@@H](Cc1ccccc1)[C@H](O)CN[C@H]1CC2(CCC2)Oc2cc(CN3CCCCC3)c(Cl)cc21. The van der Waals surface area contributed by atoms with Crippen molar-refractivity contribution in [1.29, 1.82) is 0 Å². The number of hydrogen-bond acceptors (Lipinski definition) is 6. The van der Waals surface area contributed by atoms with Gasteiger partial charge >= 0.3 is 0 Å². The van der Waals surface area contributed by atoms with Gasteiger partial charge in [0, 0.05) is 43.2 Å². The zero-order chi connectivity index (χ0) is 27.2. The van der Waals surface area contributed by atoms with Crippen LogP contribution >= 0.6 is 11.6 Å². The molecule has 3 aliphatic rings. The van der Waals surface area contributed by atoms with Crippen LogP contribution in [0.4, 0.5) is 0 Å². The Morgan fingerprint density at radius 2 is 1.95 bits per heavy atom. The van der Waals surface area contributed by atoms with E-state index in [2.05, 4.69) is 27.7 Å². The molecule has 212 valence electrons. The molecule has 2 aliphatic heterocycles. The monoisotopic (exact) mass is 555 g/mol. The van der Waals surface area contributed by atoms with Crippen LogP contribution in [-0.2, 0) is 22.5 Å². The van der Waals surface area contributed by atoms with Gasteiger partial charge in [-0.25, -0.2) is 0 Å². The summed E-state index contributed by atoms with van der Waals surface area (Å²) >= 11 is 6.84. The van der Waals surface area contributed by atoms with Gasteiger partial charge in [0.15, 0.2) is 0 Å². The first kappa shape index (κ1) is 28.4. The third-order valence-electron chi connectivity index (χ3n) is 8.52. The second-order valence-corrected chi connectivity index (χ2v) is 11.9. The van der Waals surface area contributed by atoms with E-state index >= 15 is 0 Å². The average molecular weight is 556 g/mol. The van der Waals surface area contributed by atoms with Gasteiger partial charge in [-0.3, -0.25) is 9.69 Å². The maximum Gasteiger partial charge on any atom is 0.246 e. The summed E-state index contributed by atoms with van der Waals surface area (Å²) in [4.78, 5) is 14.8. The molecule has 3 atom stereocenters. The lowest BCUT2D eigenvalue weighted by molar-refractivity contribution is -0.126. The zero-order valence-electron chi connectivity index (χ0n) is 23.0. The summed E-state index contributed by atoms with van der Waals surface area (Å²) in [6, 6.07) is 13.7. The van der Waals surface area contributed by atoms with Gasteiger partial charge in [-0.2, -0.15) is 0 Å². The number of amides is 1. The van der Waals surface area contributed by atoms with Gasteiger partial charge < -0.3 is 25.2 Å². The fourth-order valence-corrected chi connectivity index (χ4v) is 6.44. The van der Waals surface area contributed by atoms with Gasteiger partial charge in [-0.05, 0) is 74.9 Å². The maximum atomic E-state index is 12.4. The third-order valence-corrected chi connectivity index (χ3v) is 8.87. The van der Waals surface area contributed by atoms with Crippen LogP contribution in [0.25, 0.3) is 0 Å². The molecule has 2 fully saturated rings. The van der Waals surface area contributed by atoms with Crippen LogP contribution in [-0.4, -0.2) is 67.0 Å². The van der Waals surface area contributed by atoms with Gasteiger partial charge in [0.25, 0.3) is 0 Å². The van der Waals surface area contributed by atoms with Crippen molar-refractivity contribution in [3.8, 4) is 5.75 Å². The molecule has 0 radical (unpaired) electrons. The number of aliphatic hydroxyl groups excluding tert-OH is 1. The summed E-state index contributed by atoms with van der Waals surface area (Å²) in [5.74, 6) is 0.675. The first-order chi connectivity index (χ1) is 18.9. The Hall–Kier alpha value is -2.16. The van der Waals surface area contributed by atoms with Crippen molar-refractivity contribution in [3.63, 3.8) is 0 Å². The molecule has 1 saturated heterocycles. The Morgan fingerprint density at radius 3 is 2.64 bits per heavy atom. The van der Waals surface area contributed by atoms with E-state index in [1.54, 1.807) is 0 Å². The minimum absolute atomic E-state index is 0.0114. The van der Waals surface area contributed by atoms with Gasteiger partial charge in [-0.15, -0.1) is 0 Å². The number of carbonyl (C=O) groups excluding carboxylic acids is 1. The van der Waals surface area contributed by atoms with Crippen molar-refractivity contribution >= 4 is 17.5 Å². The van der Waals surface area contributed by atoms with E-state index in [1.165, 1.54) is 32.8 Å². The van der Waals surface area contributed by atoms with Gasteiger partial charge in [0.1, 0.15) is 18.0 Å². The van der Waals surface area contributed by atoms with E-state index in [0.717, 1.165) is 66.4 Å². The molecule has 1 amide bonds. The molecule has 2 aromatic carbocycles. The Kier molecular flexibility index (Phi) is 9.46. The van der Waals surface area contributed by atoms with Crippen LogP contribution in [0.5, 0.6) is 5.75 Å². The normalized spacial score (nSPS) is 21.9. The van der Waals surface area contributed by atoms with E-state index in [0.29, 0.717) is 13.0 Å². The van der Waals surface area contributed by atoms with Crippen molar-refractivity contribution in [2.24, 2.45) is 0 Å². The fraction of sp³-hybridized carbons (Fsp3) is 0.581. The van der Waals surface area contributed by atoms with Crippen molar-refractivity contribution in [1.82, 2.24) is 15.5 Å². The molecule has 0 unspecified atom stereocenters. The smallest absolute Gasteiger partial charge is 0.246 e. The highest BCUT2D eigenvalue weighted by molar-refractivity contribution is 6.31. The van der Waals surface area contributed by atoms with Crippen LogP contribution in [0.15, 0.2) is 42.5 Å². The topological polar surface area (TPSA) is 83.1 Å². The first-order valence-corrected chi connectivity index (χ1v) is 14.8. The maximum absolute atomic E-state index is 12.4. The van der Waals surface area contributed by atoms with Crippen LogP contribution in [0, 0.1) is 0 Å². The number of likely N-dealkylation sites (tertiary alicyclic amines) is 1. The lowest BCUT2D eigenvalue weighted by Crippen LogP contribution is -2.52. The number of nitrogens with zero attached hydrogens (tertiary/aromatic N) is 1. The van der Waals surface area contributed by atoms with Crippen molar-refractivity contribution < 1.29 is 19.4 Å². The number of benzene rings is 2. The van der Waals surface area contributed by atoms with E-state index < -0.39 is 12.1 Å². The molecule has 0 bridgehead atoms. The summed E-state index contributed by atoms with van der Waals surface area (Å²) < 4.78 is 11.6. The number of nitrogens with one attached hydrogen (secondary N) is 2. The Balaban J connectivity index is 1.30. The lowest BCUT2D eigenvalue weighted by atomic mass is 9.73. The van der Waals surface area contributed by atoms with Crippen LogP contribution in [0.3, 0.4) is 0 Å². The van der Waals surface area contributed by atoms with E-state index in [4.69, 9.17) is 21.1 Å². The molecule has 1 aliphatic carbocycles. The number of halogens is 1. The molecule has 1 spiro atoms. The molecular formula is C31H42ClN3O4. The highest BCUT2D eigenvalue weighted by Gasteiger charge is 2.46. The Labute approximate surface area is 237 Å². The van der Waals surface area contributed by atoms with Gasteiger partial charge in [-0.1, -0.05) is 48.4 Å². The highest BCUT2D eigenvalue weighted by atomic mass is 35.5. The number of hydrogen-bond donors (Lipinski definition) is 3. The number of ether oxygens (including phenoxy) is 2. The molecule has 2 heterocycles. The van der Waals surface area contributed by atoms with Crippen molar-refractivity contribution in [2.75, 3.05) is 33.4 Å². The van der Waals surface area contributed by atoms with E-state index in [-0.39, 0.29) is 24.2 Å². The quantitative estimate of drug-likeness (QED) is 0.381. The second kappa shape index (κ2) is 13.0. The minimum Gasteiger partial charge on any atom is -0.487 e. The molecule has 2 aromatic rings. The van der Waals surface area contributed by atoms with Crippen molar-refractivity contribution in [2.45, 2.75) is 81.7 Å². The summed E-state index contributed by atoms with van der Waals surface area (Å²) in [7, 11) is 1.49. The Morgan fingerprint density at radius 1 is 1.18 bits per heavy atom. The predicted molar refractivity (Wildman–Crippen MR) is 153 cm³/mol. The highest BCUT2D eigenvalue weighted by Crippen LogP contribution is 2.50. The van der Waals surface area contributed by atoms with E-state index in [1.807, 2.05) is 30.3 Å². The van der Waals surface area contributed by atoms with Crippen LogP contribution in [0.2, 0.25) is 5.02 Å². The molecule has 8 heteroatoms. The van der Waals surface area contributed by atoms with E-state index in [9.17, 15) is 9.90 Å². The zero-order valence-corrected chi connectivity index (χ0v) is 23.7. The largest absolute Gasteiger partial charge is 0.487 e. The van der Waals surface area contributed by atoms with Crippen LogP contribution < -0.4 is 15.4 Å². The number of piperidine rings is 1. The summed E-state index contributed by atoms with van der Waals surface area (Å²) in [6.45, 7) is 3.37. The van der Waals surface area contributed by atoms with Gasteiger partial charge in [0.05, 0.1) is 12.1 Å². The summed E-state index contributed by atoms with van der Waals surface area (Å²) in [5.41, 5.74) is 3.07. The van der Waals surface area contributed by atoms with Gasteiger partial charge in [0.2, 0.25) is 5.91 Å². The average Bonchev–Trinajstić information content (AvgIpc) is 2.92. The molecule has 1 saturated carbocycles. The third kappa shape index (κ3) is 7.14. The molecule has 39 heavy (non-hydrogen) atoms. The van der Waals surface area contributed by atoms with Crippen LogP contribution in [0.1, 0.15) is 67.7 Å². The predicted octanol–water partition coefficient (Wildman–Crippen LogP) is 4.40. The molecule has 0 aromatic heterocycles. The molecule has 7 nitrogen and oxygen atoms in total. The second-order valence-electron chi connectivity index (χ2n) is 11.5. The standard InChI is InChI=1S/C31H42ClN3O4/c1-38-21-30(37)34-26(15-22-9-4-2-5-10-22)28(36)19-33-27-18-31(11-8-12-31)39-29-16-23(25(32)17-24(27)29)20-35-13-6-3-7-14-35/h2,4-5,9-10,16-17,26-28,33,36H,3,6-8,11-15,18-21H2,1H3,(H,34,37)/t26-,27-,28+/m0/s1. The summed E-state index contributed by atoms with van der Waals surface area (Å²) in [6.07, 6.45) is 7.63. The molecular weight excluding hydrogens is 514 g/mol. The number of carbonyl (C=O) groups is 1. The first-order valence-electron chi connectivity index (χ1n) is 14.4.